The van der Waals surface area contributed by atoms with Gasteiger partial charge in [-0.15, -0.1) is 0 Å². The average molecular weight is 288 g/mol. The van der Waals surface area contributed by atoms with Crippen LogP contribution in [0.5, 0.6) is 0 Å². The van der Waals surface area contributed by atoms with E-state index in [0.717, 1.165) is 0 Å². The van der Waals surface area contributed by atoms with E-state index in [-0.39, 0.29) is 9.92 Å². The summed E-state index contributed by atoms with van der Waals surface area (Å²) in [5, 5.41) is 8.73. The Bertz CT molecular complexity index is 564. The van der Waals surface area contributed by atoms with E-state index in [1.54, 1.807) is 0 Å². The number of rotatable bonds is 5. The Morgan fingerprint density at radius 1 is 1.44 bits per heavy atom. The molecule has 0 fully saturated rings. The van der Waals surface area contributed by atoms with E-state index in [4.69, 9.17) is 16.9 Å². The largest absolute Gasteiger partial charge is 0.308 e. The Morgan fingerprint density at radius 2 is 2.11 bits per heavy atom. The highest BCUT2D eigenvalue weighted by molar-refractivity contribution is 7.89. The zero-order valence-electron chi connectivity index (χ0n) is 10.1. The van der Waals surface area contributed by atoms with Crippen molar-refractivity contribution in [2.45, 2.75) is 4.90 Å². The van der Waals surface area contributed by atoms with Gasteiger partial charge < -0.3 is 4.90 Å². The van der Waals surface area contributed by atoms with E-state index in [0.29, 0.717) is 18.7 Å². The van der Waals surface area contributed by atoms with E-state index >= 15 is 0 Å². The first kappa shape index (κ1) is 14.9. The van der Waals surface area contributed by atoms with Crippen LogP contribution in [-0.4, -0.2) is 40.5 Å². The second-order valence-corrected chi connectivity index (χ2v) is 6.10. The average Bonchev–Trinajstić information content (AvgIpc) is 2.27. The summed E-state index contributed by atoms with van der Waals surface area (Å²) in [6, 6.07) is 5.99. The third-order valence-corrected chi connectivity index (χ3v) is 4.15. The van der Waals surface area contributed by atoms with E-state index in [9.17, 15) is 8.42 Å². The van der Waals surface area contributed by atoms with Crippen LogP contribution in [0, 0.1) is 11.3 Å². The molecule has 0 aromatic heterocycles. The molecule has 0 aliphatic carbocycles. The fourth-order valence-corrected chi connectivity index (χ4v) is 2.83. The zero-order valence-corrected chi connectivity index (χ0v) is 11.7. The SMILES string of the molecule is CN(C)CCNS(=O)(=O)c1ccc(C#N)cc1Cl. The highest BCUT2D eigenvalue weighted by Crippen LogP contribution is 2.22. The van der Waals surface area contributed by atoms with Gasteiger partial charge >= 0.3 is 0 Å². The van der Waals surface area contributed by atoms with Gasteiger partial charge in [-0.05, 0) is 32.3 Å². The lowest BCUT2D eigenvalue weighted by molar-refractivity contribution is 0.412. The summed E-state index contributed by atoms with van der Waals surface area (Å²) in [6.07, 6.45) is 0. The fraction of sp³-hybridized carbons (Fsp3) is 0.364. The molecule has 98 valence electrons. The molecule has 0 aliphatic rings. The first-order valence-corrected chi connectivity index (χ1v) is 7.07. The highest BCUT2D eigenvalue weighted by atomic mass is 35.5. The predicted molar refractivity (Wildman–Crippen MR) is 69.9 cm³/mol. The number of sulfonamides is 1. The number of nitrogens with one attached hydrogen (secondary N) is 1. The highest BCUT2D eigenvalue weighted by Gasteiger charge is 2.17. The Labute approximate surface area is 112 Å². The number of likely N-dealkylation sites (N-methyl/N-ethyl adjacent to an activating group) is 1. The smallest absolute Gasteiger partial charge is 0.242 e. The van der Waals surface area contributed by atoms with E-state index in [1.165, 1.54) is 18.2 Å². The molecule has 1 rings (SSSR count). The van der Waals surface area contributed by atoms with Crippen LogP contribution in [0.15, 0.2) is 23.1 Å². The number of nitriles is 1. The summed E-state index contributed by atoms with van der Waals surface area (Å²) >= 11 is 5.85. The number of hydrogen-bond acceptors (Lipinski definition) is 4. The van der Waals surface area contributed by atoms with Crippen molar-refractivity contribution in [2.75, 3.05) is 27.2 Å². The lowest BCUT2D eigenvalue weighted by Crippen LogP contribution is -2.31. The van der Waals surface area contributed by atoms with Crippen molar-refractivity contribution in [2.24, 2.45) is 0 Å². The van der Waals surface area contributed by atoms with Crippen LogP contribution in [0.2, 0.25) is 5.02 Å². The van der Waals surface area contributed by atoms with Gasteiger partial charge in [0.15, 0.2) is 0 Å². The van der Waals surface area contributed by atoms with Crippen LogP contribution in [0.3, 0.4) is 0 Å². The second kappa shape index (κ2) is 6.16. The van der Waals surface area contributed by atoms with Crippen LogP contribution >= 0.6 is 11.6 Å². The standard InChI is InChI=1S/C11H14ClN3O2S/c1-15(2)6-5-14-18(16,17)11-4-3-9(8-13)7-10(11)12/h3-4,7,14H,5-6H2,1-2H3. The van der Waals surface area contributed by atoms with E-state index in [2.05, 4.69) is 4.72 Å². The Balaban J connectivity index is 2.89. The predicted octanol–water partition coefficient (Wildman–Crippen LogP) is 1.05. The molecule has 0 atom stereocenters. The second-order valence-electron chi connectivity index (χ2n) is 3.96. The lowest BCUT2D eigenvalue weighted by atomic mass is 10.2. The monoisotopic (exact) mass is 287 g/mol. The molecule has 18 heavy (non-hydrogen) atoms. The van der Waals surface area contributed by atoms with Crippen LogP contribution < -0.4 is 4.72 Å². The molecule has 1 N–H and O–H groups in total. The van der Waals surface area contributed by atoms with Crippen molar-refractivity contribution in [1.29, 1.82) is 5.26 Å². The van der Waals surface area contributed by atoms with Crippen LogP contribution in [-0.2, 0) is 10.0 Å². The Hall–Kier alpha value is -1.13. The summed E-state index contributed by atoms with van der Waals surface area (Å²) < 4.78 is 26.3. The number of nitrogens with zero attached hydrogens (tertiary/aromatic N) is 2. The molecule has 0 saturated carbocycles. The molecular formula is C11H14ClN3O2S. The molecule has 0 heterocycles. The summed E-state index contributed by atoms with van der Waals surface area (Å²) in [7, 11) is 0.0708. The normalized spacial score (nSPS) is 11.5. The van der Waals surface area contributed by atoms with Crippen molar-refractivity contribution < 1.29 is 8.42 Å². The van der Waals surface area contributed by atoms with Gasteiger partial charge in [0.2, 0.25) is 10.0 Å². The molecule has 1 aromatic carbocycles. The maximum atomic E-state index is 11.9. The maximum absolute atomic E-state index is 11.9. The van der Waals surface area contributed by atoms with Crippen LogP contribution in [0.4, 0.5) is 0 Å². The summed E-state index contributed by atoms with van der Waals surface area (Å²) in [4.78, 5) is 1.85. The van der Waals surface area contributed by atoms with Gasteiger partial charge in [0.1, 0.15) is 4.90 Å². The van der Waals surface area contributed by atoms with E-state index in [1.807, 2.05) is 25.1 Å². The number of hydrogen-bond donors (Lipinski definition) is 1. The topological polar surface area (TPSA) is 73.2 Å². The molecule has 0 saturated heterocycles. The summed E-state index contributed by atoms with van der Waals surface area (Å²) in [5.74, 6) is 0. The Kier molecular flexibility index (Phi) is 5.11. The molecule has 0 spiro atoms. The molecule has 0 amide bonds. The molecule has 0 radical (unpaired) electrons. The fourth-order valence-electron chi connectivity index (χ4n) is 1.27. The van der Waals surface area contributed by atoms with E-state index < -0.39 is 10.0 Å². The molecule has 5 nitrogen and oxygen atoms in total. The molecular weight excluding hydrogens is 274 g/mol. The maximum Gasteiger partial charge on any atom is 0.242 e. The lowest BCUT2D eigenvalue weighted by Gasteiger charge is -2.11. The van der Waals surface area contributed by atoms with Crippen LogP contribution in [0.25, 0.3) is 0 Å². The minimum absolute atomic E-state index is 0.0121. The van der Waals surface area contributed by atoms with Gasteiger partial charge in [-0.25, -0.2) is 13.1 Å². The first-order valence-electron chi connectivity index (χ1n) is 5.21. The summed E-state index contributed by atoms with van der Waals surface area (Å²) in [5.41, 5.74) is 0.326. The molecule has 7 heteroatoms. The Morgan fingerprint density at radius 3 is 2.61 bits per heavy atom. The van der Waals surface area contributed by atoms with Gasteiger partial charge in [-0.2, -0.15) is 5.26 Å². The van der Waals surface area contributed by atoms with Gasteiger partial charge in [0, 0.05) is 13.1 Å². The minimum Gasteiger partial charge on any atom is -0.308 e. The van der Waals surface area contributed by atoms with Crippen molar-refractivity contribution in [3.05, 3.63) is 28.8 Å². The van der Waals surface area contributed by atoms with Crippen molar-refractivity contribution >= 4 is 21.6 Å². The third kappa shape index (κ3) is 3.96. The minimum atomic E-state index is -3.63. The summed E-state index contributed by atoms with van der Waals surface area (Å²) in [6.45, 7) is 0.888. The zero-order chi connectivity index (χ0) is 13.8. The van der Waals surface area contributed by atoms with Gasteiger partial charge in [-0.3, -0.25) is 0 Å². The van der Waals surface area contributed by atoms with Crippen LogP contribution in [0.1, 0.15) is 5.56 Å². The first-order chi connectivity index (χ1) is 8.36. The van der Waals surface area contributed by atoms with Gasteiger partial charge in [0.05, 0.1) is 16.7 Å². The number of halogens is 1. The van der Waals surface area contributed by atoms with Gasteiger partial charge in [-0.1, -0.05) is 11.6 Å². The third-order valence-electron chi connectivity index (χ3n) is 2.20. The molecule has 0 bridgehead atoms. The molecule has 0 unspecified atom stereocenters. The van der Waals surface area contributed by atoms with Crippen molar-refractivity contribution in [3.8, 4) is 6.07 Å². The molecule has 1 aromatic rings. The van der Waals surface area contributed by atoms with Crippen molar-refractivity contribution in [3.63, 3.8) is 0 Å². The van der Waals surface area contributed by atoms with Crippen molar-refractivity contribution in [1.82, 2.24) is 9.62 Å². The number of benzene rings is 1. The van der Waals surface area contributed by atoms with Gasteiger partial charge in [0.25, 0.3) is 0 Å². The quantitative estimate of drug-likeness (QED) is 0.878. The molecule has 0 aliphatic heterocycles.